The lowest BCUT2D eigenvalue weighted by Gasteiger charge is -2.24. The number of nitrogens with one attached hydrogen (secondary N) is 1. The second kappa shape index (κ2) is 7.55. The Morgan fingerprint density at radius 2 is 2.17 bits per heavy atom. The van der Waals surface area contributed by atoms with E-state index in [0.29, 0.717) is 12.3 Å². The third-order valence-corrected chi connectivity index (χ3v) is 3.66. The number of hydrogen-bond donors (Lipinski definition) is 1. The minimum absolute atomic E-state index is 0.0463. The second-order valence-electron chi connectivity index (χ2n) is 5.30. The average Bonchev–Trinajstić information content (AvgIpc) is 3.05. The smallest absolute Gasteiger partial charge is 0.269 e. The molecule has 7 nitrogen and oxygen atoms in total. The molecule has 0 spiro atoms. The van der Waals surface area contributed by atoms with Gasteiger partial charge in [-0.25, -0.2) is 0 Å². The zero-order chi connectivity index (χ0) is 16.8. The number of benzene rings is 1. The lowest BCUT2D eigenvalue weighted by molar-refractivity contribution is -0.384. The number of carbonyl (C=O) groups is 1. The number of non-ortho nitro benzene ring substituents is 1. The van der Waals surface area contributed by atoms with Gasteiger partial charge in [0.15, 0.2) is 0 Å². The molecular formula is C16H19N3O4. The van der Waals surface area contributed by atoms with E-state index in [1.807, 2.05) is 17.9 Å². The van der Waals surface area contributed by atoms with Crippen LogP contribution in [0.2, 0.25) is 0 Å². The van der Waals surface area contributed by atoms with Crippen molar-refractivity contribution in [2.24, 2.45) is 0 Å². The van der Waals surface area contributed by atoms with Gasteiger partial charge < -0.3 is 9.73 Å². The SMILES string of the molecule is CC(c1cccc([N+](=O)[O-])c1)N(C)CC(=O)NCc1ccco1. The van der Waals surface area contributed by atoms with Gasteiger partial charge in [0.1, 0.15) is 5.76 Å². The van der Waals surface area contributed by atoms with Crippen LogP contribution in [-0.4, -0.2) is 29.3 Å². The number of amides is 1. The van der Waals surface area contributed by atoms with Gasteiger partial charge in [-0.15, -0.1) is 0 Å². The van der Waals surface area contributed by atoms with E-state index in [1.165, 1.54) is 12.1 Å². The van der Waals surface area contributed by atoms with Crippen molar-refractivity contribution in [3.8, 4) is 0 Å². The first-order valence-corrected chi connectivity index (χ1v) is 7.21. The molecular weight excluding hydrogens is 298 g/mol. The number of likely N-dealkylation sites (N-methyl/N-ethyl adjacent to an activating group) is 1. The second-order valence-corrected chi connectivity index (χ2v) is 5.30. The highest BCUT2D eigenvalue weighted by Crippen LogP contribution is 2.22. The fourth-order valence-corrected chi connectivity index (χ4v) is 2.17. The summed E-state index contributed by atoms with van der Waals surface area (Å²) in [6.07, 6.45) is 1.55. The Bertz CT molecular complexity index is 670. The molecule has 7 heteroatoms. The van der Waals surface area contributed by atoms with E-state index < -0.39 is 4.92 Å². The number of nitro groups is 1. The van der Waals surface area contributed by atoms with Crippen molar-refractivity contribution >= 4 is 11.6 Å². The molecule has 0 aliphatic heterocycles. The summed E-state index contributed by atoms with van der Waals surface area (Å²) in [6.45, 7) is 2.42. The molecule has 2 rings (SSSR count). The lowest BCUT2D eigenvalue weighted by atomic mass is 10.1. The number of rotatable bonds is 7. The van der Waals surface area contributed by atoms with E-state index in [1.54, 1.807) is 31.5 Å². The van der Waals surface area contributed by atoms with Crippen LogP contribution in [0.15, 0.2) is 47.1 Å². The Morgan fingerprint density at radius 3 is 2.83 bits per heavy atom. The average molecular weight is 317 g/mol. The molecule has 1 atom stereocenters. The summed E-state index contributed by atoms with van der Waals surface area (Å²) < 4.78 is 5.15. The third kappa shape index (κ3) is 4.65. The maximum absolute atomic E-state index is 12.0. The first-order chi connectivity index (χ1) is 11.0. The third-order valence-electron chi connectivity index (χ3n) is 3.66. The van der Waals surface area contributed by atoms with Crippen LogP contribution in [-0.2, 0) is 11.3 Å². The van der Waals surface area contributed by atoms with Gasteiger partial charge >= 0.3 is 0 Å². The Balaban J connectivity index is 1.91. The summed E-state index contributed by atoms with van der Waals surface area (Å²) in [7, 11) is 1.80. The molecule has 1 heterocycles. The van der Waals surface area contributed by atoms with Gasteiger partial charge in [0.05, 0.1) is 24.3 Å². The minimum Gasteiger partial charge on any atom is -0.467 e. The molecule has 1 aromatic heterocycles. The maximum atomic E-state index is 12.0. The van der Waals surface area contributed by atoms with Crippen LogP contribution in [0.1, 0.15) is 24.3 Å². The molecule has 1 amide bonds. The Morgan fingerprint density at radius 1 is 1.39 bits per heavy atom. The molecule has 1 aromatic carbocycles. The summed E-state index contributed by atoms with van der Waals surface area (Å²) in [5, 5.41) is 13.6. The Kier molecular flexibility index (Phi) is 5.48. The first kappa shape index (κ1) is 16.7. The normalized spacial score (nSPS) is 12.1. The van der Waals surface area contributed by atoms with Crippen molar-refractivity contribution in [3.05, 3.63) is 64.1 Å². The maximum Gasteiger partial charge on any atom is 0.269 e. The summed E-state index contributed by atoms with van der Waals surface area (Å²) in [4.78, 5) is 24.2. The largest absolute Gasteiger partial charge is 0.467 e. The van der Waals surface area contributed by atoms with Crippen molar-refractivity contribution in [1.29, 1.82) is 0 Å². The molecule has 23 heavy (non-hydrogen) atoms. The van der Waals surface area contributed by atoms with Crippen LogP contribution in [0.4, 0.5) is 5.69 Å². The molecule has 0 fully saturated rings. The van der Waals surface area contributed by atoms with Gasteiger partial charge in [-0.05, 0) is 31.7 Å². The van der Waals surface area contributed by atoms with Crippen LogP contribution in [0.5, 0.6) is 0 Å². The van der Waals surface area contributed by atoms with E-state index in [9.17, 15) is 14.9 Å². The molecule has 0 saturated carbocycles. The van der Waals surface area contributed by atoms with Crippen LogP contribution >= 0.6 is 0 Å². The zero-order valence-corrected chi connectivity index (χ0v) is 13.1. The number of nitro benzene ring substituents is 1. The van der Waals surface area contributed by atoms with Crippen LogP contribution in [0.25, 0.3) is 0 Å². The monoisotopic (exact) mass is 317 g/mol. The van der Waals surface area contributed by atoms with E-state index in [4.69, 9.17) is 4.42 Å². The molecule has 122 valence electrons. The van der Waals surface area contributed by atoms with Crippen molar-refractivity contribution in [2.75, 3.05) is 13.6 Å². The molecule has 0 bridgehead atoms. The van der Waals surface area contributed by atoms with Gasteiger partial charge in [0.2, 0.25) is 5.91 Å². The quantitative estimate of drug-likeness (QED) is 0.626. The highest BCUT2D eigenvalue weighted by atomic mass is 16.6. The Hall–Kier alpha value is -2.67. The molecule has 2 aromatic rings. The molecule has 0 aliphatic rings. The van der Waals surface area contributed by atoms with Gasteiger partial charge in [-0.3, -0.25) is 19.8 Å². The van der Waals surface area contributed by atoms with Crippen molar-refractivity contribution < 1.29 is 14.1 Å². The fraction of sp³-hybridized carbons (Fsp3) is 0.312. The highest BCUT2D eigenvalue weighted by molar-refractivity contribution is 5.77. The lowest BCUT2D eigenvalue weighted by Crippen LogP contribution is -2.36. The Labute approximate surface area is 134 Å². The van der Waals surface area contributed by atoms with Crippen molar-refractivity contribution in [2.45, 2.75) is 19.5 Å². The fourth-order valence-electron chi connectivity index (χ4n) is 2.17. The predicted molar refractivity (Wildman–Crippen MR) is 84.7 cm³/mol. The van der Waals surface area contributed by atoms with Gasteiger partial charge in [0, 0.05) is 18.2 Å². The van der Waals surface area contributed by atoms with E-state index in [2.05, 4.69) is 5.32 Å². The summed E-state index contributed by atoms with van der Waals surface area (Å²) in [5.74, 6) is 0.550. The first-order valence-electron chi connectivity index (χ1n) is 7.21. The van der Waals surface area contributed by atoms with E-state index in [-0.39, 0.29) is 24.2 Å². The van der Waals surface area contributed by atoms with Gasteiger partial charge in [-0.1, -0.05) is 12.1 Å². The molecule has 1 N–H and O–H groups in total. The van der Waals surface area contributed by atoms with Crippen LogP contribution in [0.3, 0.4) is 0 Å². The summed E-state index contributed by atoms with van der Waals surface area (Å²) >= 11 is 0. The number of nitrogens with zero attached hydrogens (tertiary/aromatic N) is 2. The summed E-state index contributed by atoms with van der Waals surface area (Å²) in [6, 6.07) is 9.87. The zero-order valence-electron chi connectivity index (χ0n) is 13.1. The number of hydrogen-bond acceptors (Lipinski definition) is 5. The van der Waals surface area contributed by atoms with Crippen LogP contribution in [0, 0.1) is 10.1 Å². The topological polar surface area (TPSA) is 88.6 Å². The highest BCUT2D eigenvalue weighted by Gasteiger charge is 2.17. The van der Waals surface area contributed by atoms with E-state index >= 15 is 0 Å². The number of carbonyl (C=O) groups excluding carboxylic acids is 1. The van der Waals surface area contributed by atoms with Crippen molar-refractivity contribution in [1.82, 2.24) is 10.2 Å². The molecule has 0 aliphatic carbocycles. The minimum atomic E-state index is -0.424. The van der Waals surface area contributed by atoms with Gasteiger partial charge in [0.25, 0.3) is 5.69 Å². The number of furan rings is 1. The standard InChI is InChI=1S/C16H19N3O4/c1-12(13-5-3-6-14(9-13)19(21)22)18(2)11-16(20)17-10-15-7-4-8-23-15/h3-9,12H,10-11H2,1-2H3,(H,17,20). The predicted octanol–water partition coefficient (Wildman–Crippen LogP) is 2.50. The van der Waals surface area contributed by atoms with Gasteiger partial charge in [-0.2, -0.15) is 0 Å². The van der Waals surface area contributed by atoms with Crippen molar-refractivity contribution in [3.63, 3.8) is 0 Å². The molecule has 1 unspecified atom stereocenters. The summed E-state index contributed by atoms with van der Waals surface area (Å²) in [5.41, 5.74) is 0.838. The van der Waals surface area contributed by atoms with Crippen LogP contribution < -0.4 is 5.32 Å². The van der Waals surface area contributed by atoms with E-state index in [0.717, 1.165) is 5.56 Å². The molecule has 0 saturated heterocycles. The molecule has 0 radical (unpaired) electrons.